The summed E-state index contributed by atoms with van der Waals surface area (Å²) in [5.41, 5.74) is 0. The summed E-state index contributed by atoms with van der Waals surface area (Å²) < 4.78 is 32.6. The highest BCUT2D eigenvalue weighted by Gasteiger charge is 2.21. The van der Waals surface area contributed by atoms with Crippen LogP contribution in [-0.2, 0) is 10.0 Å². The van der Waals surface area contributed by atoms with Crippen LogP contribution >= 0.6 is 0 Å². The number of hydrogen-bond donors (Lipinski definition) is 2. The minimum Gasteiger partial charge on any atom is -0.494 e. The first-order chi connectivity index (χ1) is 9.12. The molecule has 1 aromatic carbocycles. The summed E-state index contributed by atoms with van der Waals surface area (Å²) in [6.07, 6.45) is 1.65. The third kappa shape index (κ3) is 3.92. The Hall–Kier alpha value is -1.11. The Morgan fingerprint density at radius 2 is 2.11 bits per heavy atom. The lowest BCUT2D eigenvalue weighted by Gasteiger charge is -2.23. The molecule has 0 saturated carbocycles. The maximum absolute atomic E-state index is 12.3. The molecule has 1 aliphatic rings. The molecule has 1 aromatic rings. The number of sulfonamides is 1. The van der Waals surface area contributed by atoms with Gasteiger partial charge in [-0.15, -0.1) is 0 Å². The van der Waals surface area contributed by atoms with E-state index in [4.69, 9.17) is 4.74 Å². The van der Waals surface area contributed by atoms with Gasteiger partial charge in [0, 0.05) is 12.1 Å². The highest BCUT2D eigenvalue weighted by molar-refractivity contribution is 7.89. The second-order valence-electron chi connectivity index (χ2n) is 4.55. The molecule has 6 heteroatoms. The number of rotatable bonds is 5. The molecule has 2 rings (SSSR count). The minimum absolute atomic E-state index is 0.0157. The molecule has 19 heavy (non-hydrogen) atoms. The molecule has 2 N–H and O–H groups in total. The molecule has 1 fully saturated rings. The zero-order valence-corrected chi connectivity index (χ0v) is 11.9. The van der Waals surface area contributed by atoms with Gasteiger partial charge in [-0.2, -0.15) is 0 Å². The largest absolute Gasteiger partial charge is 0.494 e. The van der Waals surface area contributed by atoms with Crippen molar-refractivity contribution < 1.29 is 13.2 Å². The first-order valence-electron chi connectivity index (χ1n) is 6.58. The molecule has 0 amide bonds. The molecule has 5 nitrogen and oxygen atoms in total. The van der Waals surface area contributed by atoms with E-state index in [1.54, 1.807) is 24.3 Å². The first-order valence-corrected chi connectivity index (χ1v) is 8.06. The molecule has 1 aliphatic heterocycles. The van der Waals surface area contributed by atoms with Gasteiger partial charge in [-0.1, -0.05) is 6.07 Å². The molecule has 0 aromatic heterocycles. The second kappa shape index (κ2) is 6.36. The van der Waals surface area contributed by atoms with Crippen LogP contribution in [0.1, 0.15) is 19.8 Å². The average Bonchev–Trinajstić information content (AvgIpc) is 2.40. The van der Waals surface area contributed by atoms with Gasteiger partial charge in [0.2, 0.25) is 10.0 Å². The van der Waals surface area contributed by atoms with Crippen LogP contribution < -0.4 is 14.8 Å². The van der Waals surface area contributed by atoms with Crippen molar-refractivity contribution in [2.75, 3.05) is 19.7 Å². The van der Waals surface area contributed by atoms with E-state index >= 15 is 0 Å². The van der Waals surface area contributed by atoms with E-state index in [-0.39, 0.29) is 10.9 Å². The van der Waals surface area contributed by atoms with Crippen molar-refractivity contribution in [3.8, 4) is 5.75 Å². The second-order valence-corrected chi connectivity index (χ2v) is 6.27. The van der Waals surface area contributed by atoms with Crippen LogP contribution in [0.4, 0.5) is 0 Å². The molecule has 0 bridgehead atoms. The minimum atomic E-state index is -3.46. The van der Waals surface area contributed by atoms with Crippen LogP contribution in [0.15, 0.2) is 29.2 Å². The number of nitrogens with one attached hydrogen (secondary N) is 2. The Labute approximate surface area is 114 Å². The van der Waals surface area contributed by atoms with E-state index in [0.717, 1.165) is 25.9 Å². The monoisotopic (exact) mass is 284 g/mol. The third-order valence-electron chi connectivity index (χ3n) is 3.09. The predicted molar refractivity (Wildman–Crippen MR) is 73.8 cm³/mol. The molecular formula is C13H20N2O3S. The summed E-state index contributed by atoms with van der Waals surface area (Å²) in [6, 6.07) is 6.62. The Bertz CT molecular complexity index is 510. The van der Waals surface area contributed by atoms with Gasteiger partial charge in [0.05, 0.1) is 11.5 Å². The third-order valence-corrected chi connectivity index (χ3v) is 4.61. The molecule has 1 saturated heterocycles. The van der Waals surface area contributed by atoms with Crippen molar-refractivity contribution in [3.63, 3.8) is 0 Å². The summed E-state index contributed by atoms with van der Waals surface area (Å²) in [6.45, 7) is 4.10. The van der Waals surface area contributed by atoms with Crippen LogP contribution in [0, 0.1) is 0 Å². The van der Waals surface area contributed by atoms with Crippen LogP contribution in [0.3, 0.4) is 0 Å². The van der Waals surface area contributed by atoms with Gasteiger partial charge < -0.3 is 10.1 Å². The molecule has 0 radical (unpaired) electrons. The Kier molecular flexibility index (Phi) is 4.79. The van der Waals surface area contributed by atoms with Gasteiger partial charge in [-0.05, 0) is 45.0 Å². The highest BCUT2D eigenvalue weighted by atomic mass is 32.2. The Balaban J connectivity index is 2.11. The van der Waals surface area contributed by atoms with Gasteiger partial charge in [0.15, 0.2) is 0 Å². The summed E-state index contributed by atoms with van der Waals surface area (Å²) >= 11 is 0. The zero-order valence-electron chi connectivity index (χ0n) is 11.1. The van der Waals surface area contributed by atoms with Crippen LogP contribution in [0.5, 0.6) is 5.75 Å². The topological polar surface area (TPSA) is 67.4 Å². The van der Waals surface area contributed by atoms with Crippen LogP contribution in [0.2, 0.25) is 0 Å². The van der Waals surface area contributed by atoms with Crippen molar-refractivity contribution in [1.82, 2.24) is 10.0 Å². The van der Waals surface area contributed by atoms with Crippen molar-refractivity contribution in [1.29, 1.82) is 0 Å². The highest BCUT2D eigenvalue weighted by Crippen LogP contribution is 2.18. The lowest BCUT2D eigenvalue weighted by atomic mass is 10.1. The molecule has 0 aliphatic carbocycles. The molecule has 0 unspecified atom stereocenters. The molecule has 0 atom stereocenters. The average molecular weight is 284 g/mol. The quantitative estimate of drug-likeness (QED) is 0.850. The normalized spacial score (nSPS) is 17.3. The number of benzene rings is 1. The van der Waals surface area contributed by atoms with E-state index in [1.807, 2.05) is 6.92 Å². The number of ether oxygens (including phenoxy) is 1. The fourth-order valence-electron chi connectivity index (χ4n) is 2.13. The lowest BCUT2D eigenvalue weighted by Crippen LogP contribution is -2.42. The Morgan fingerprint density at radius 3 is 2.79 bits per heavy atom. The van der Waals surface area contributed by atoms with Gasteiger partial charge in [0.1, 0.15) is 5.75 Å². The molecular weight excluding hydrogens is 264 g/mol. The van der Waals surface area contributed by atoms with Crippen LogP contribution in [0.25, 0.3) is 0 Å². The van der Waals surface area contributed by atoms with Gasteiger partial charge >= 0.3 is 0 Å². The van der Waals surface area contributed by atoms with Gasteiger partial charge in [0.25, 0.3) is 0 Å². The smallest absolute Gasteiger partial charge is 0.240 e. The standard InChI is InChI=1S/C13H20N2O3S/c1-2-18-12-4-3-5-13(10-12)19(16,17)15-11-6-8-14-9-7-11/h3-5,10-11,14-15H,2,6-9H2,1H3. The van der Waals surface area contributed by atoms with Crippen molar-refractivity contribution >= 4 is 10.0 Å². The van der Waals surface area contributed by atoms with Crippen molar-refractivity contribution in [3.05, 3.63) is 24.3 Å². The fraction of sp³-hybridized carbons (Fsp3) is 0.538. The molecule has 106 valence electrons. The van der Waals surface area contributed by atoms with Crippen molar-refractivity contribution in [2.24, 2.45) is 0 Å². The molecule has 1 heterocycles. The van der Waals surface area contributed by atoms with E-state index in [9.17, 15) is 8.42 Å². The zero-order chi connectivity index (χ0) is 13.7. The maximum atomic E-state index is 12.3. The predicted octanol–water partition coefficient (Wildman–Crippen LogP) is 1.12. The fourth-order valence-corrected chi connectivity index (χ4v) is 3.46. The maximum Gasteiger partial charge on any atom is 0.240 e. The van der Waals surface area contributed by atoms with Crippen LogP contribution in [-0.4, -0.2) is 34.2 Å². The number of hydrogen-bond acceptors (Lipinski definition) is 4. The summed E-state index contributed by atoms with van der Waals surface area (Å²) in [7, 11) is -3.46. The Morgan fingerprint density at radius 1 is 1.37 bits per heavy atom. The van der Waals surface area contributed by atoms with Gasteiger partial charge in [-0.25, -0.2) is 13.1 Å². The number of piperidine rings is 1. The van der Waals surface area contributed by atoms with Gasteiger partial charge in [-0.3, -0.25) is 0 Å². The summed E-state index contributed by atoms with van der Waals surface area (Å²) in [5, 5.41) is 3.21. The van der Waals surface area contributed by atoms with E-state index in [1.165, 1.54) is 0 Å². The lowest BCUT2D eigenvalue weighted by molar-refractivity contribution is 0.339. The first kappa shape index (κ1) is 14.3. The molecule has 0 spiro atoms. The SMILES string of the molecule is CCOc1cccc(S(=O)(=O)NC2CCNCC2)c1. The summed E-state index contributed by atoms with van der Waals surface area (Å²) in [4.78, 5) is 0.261. The summed E-state index contributed by atoms with van der Waals surface area (Å²) in [5.74, 6) is 0.579. The van der Waals surface area contributed by atoms with E-state index < -0.39 is 10.0 Å². The van der Waals surface area contributed by atoms with E-state index in [2.05, 4.69) is 10.0 Å². The van der Waals surface area contributed by atoms with Crippen molar-refractivity contribution in [2.45, 2.75) is 30.7 Å². The van der Waals surface area contributed by atoms with E-state index in [0.29, 0.717) is 12.4 Å².